The number of ether oxygens (including phenoxy) is 1. The van der Waals surface area contributed by atoms with Crippen LogP contribution in [0.5, 0.6) is 5.75 Å². The minimum atomic E-state index is -0.0907. The molecule has 0 aliphatic carbocycles. The summed E-state index contributed by atoms with van der Waals surface area (Å²) in [5.41, 5.74) is 3.47. The fourth-order valence-electron chi connectivity index (χ4n) is 3.57. The average molecular weight is 365 g/mol. The van der Waals surface area contributed by atoms with Crippen molar-refractivity contribution >= 4 is 16.9 Å². The van der Waals surface area contributed by atoms with Gasteiger partial charge in [0.25, 0.3) is 5.91 Å². The monoisotopic (exact) mass is 365 g/mol. The summed E-state index contributed by atoms with van der Waals surface area (Å²) >= 11 is 0. The molecule has 0 spiro atoms. The van der Waals surface area contributed by atoms with Gasteiger partial charge in [-0.2, -0.15) is 0 Å². The van der Waals surface area contributed by atoms with Crippen LogP contribution < -0.4 is 10.1 Å². The molecule has 3 aromatic rings. The van der Waals surface area contributed by atoms with Crippen LogP contribution in [-0.2, 0) is 13.0 Å². The number of fused-ring (bicyclic) bond motifs is 2. The van der Waals surface area contributed by atoms with Crippen LogP contribution in [0.4, 0.5) is 0 Å². The van der Waals surface area contributed by atoms with Gasteiger partial charge in [-0.25, -0.2) is 4.98 Å². The molecule has 1 amide bonds. The van der Waals surface area contributed by atoms with Gasteiger partial charge < -0.3 is 19.7 Å². The summed E-state index contributed by atoms with van der Waals surface area (Å²) in [5.74, 6) is 1.22. The third-order valence-corrected chi connectivity index (χ3v) is 5.04. The molecule has 27 heavy (non-hydrogen) atoms. The molecular weight excluding hydrogens is 342 g/mol. The Kier molecular flexibility index (Phi) is 5.07. The van der Waals surface area contributed by atoms with E-state index in [2.05, 4.69) is 16.4 Å². The van der Waals surface area contributed by atoms with Gasteiger partial charge in [-0.3, -0.25) is 4.79 Å². The summed E-state index contributed by atoms with van der Waals surface area (Å²) in [5, 5.41) is 12.1. The van der Waals surface area contributed by atoms with Gasteiger partial charge in [0.05, 0.1) is 30.6 Å². The molecule has 0 saturated carbocycles. The van der Waals surface area contributed by atoms with Crippen LogP contribution in [-0.4, -0.2) is 40.3 Å². The lowest BCUT2D eigenvalue weighted by molar-refractivity contribution is 0.0945. The lowest BCUT2D eigenvalue weighted by Crippen LogP contribution is -2.30. The smallest absolute Gasteiger partial charge is 0.251 e. The molecule has 1 aliphatic heterocycles. The maximum atomic E-state index is 12.6. The first-order valence-corrected chi connectivity index (χ1v) is 9.29. The van der Waals surface area contributed by atoms with E-state index in [1.807, 2.05) is 28.8 Å². The van der Waals surface area contributed by atoms with E-state index in [0.29, 0.717) is 31.2 Å². The zero-order chi connectivity index (χ0) is 18.6. The van der Waals surface area contributed by atoms with E-state index < -0.39 is 0 Å². The summed E-state index contributed by atoms with van der Waals surface area (Å²) in [4.78, 5) is 16.9. The van der Waals surface area contributed by atoms with Crippen molar-refractivity contribution in [2.24, 2.45) is 5.92 Å². The third kappa shape index (κ3) is 3.80. The molecular formula is C21H23N3O3. The van der Waals surface area contributed by atoms with Gasteiger partial charge in [-0.15, -0.1) is 0 Å². The zero-order valence-electron chi connectivity index (χ0n) is 15.1. The summed E-state index contributed by atoms with van der Waals surface area (Å²) in [7, 11) is 0. The number of aromatic nitrogens is 2. The van der Waals surface area contributed by atoms with E-state index in [9.17, 15) is 4.79 Å². The molecule has 2 aromatic carbocycles. The molecule has 2 N–H and O–H groups in total. The maximum Gasteiger partial charge on any atom is 0.251 e. The highest BCUT2D eigenvalue weighted by Gasteiger charge is 2.18. The molecule has 1 atom stereocenters. The largest absolute Gasteiger partial charge is 0.493 e. The number of hydrogen-bond acceptors (Lipinski definition) is 4. The number of carbonyl (C=O) groups is 1. The van der Waals surface area contributed by atoms with Gasteiger partial charge in [0, 0.05) is 18.7 Å². The Morgan fingerprint density at radius 3 is 3.07 bits per heavy atom. The van der Waals surface area contributed by atoms with Crippen LogP contribution in [0.25, 0.3) is 11.0 Å². The van der Waals surface area contributed by atoms with Gasteiger partial charge in [-0.1, -0.05) is 18.2 Å². The number of nitrogens with zero attached hydrogens (tertiary/aromatic N) is 2. The van der Waals surface area contributed by atoms with Crippen LogP contribution in [0, 0.1) is 5.92 Å². The van der Waals surface area contributed by atoms with Crippen LogP contribution in [0.2, 0.25) is 0 Å². The molecule has 1 aliphatic rings. The summed E-state index contributed by atoms with van der Waals surface area (Å²) in [6.07, 6.45) is 3.51. The van der Waals surface area contributed by atoms with Crippen molar-refractivity contribution in [2.45, 2.75) is 19.4 Å². The van der Waals surface area contributed by atoms with Crippen LogP contribution in [0.15, 0.2) is 48.8 Å². The second-order valence-corrected chi connectivity index (χ2v) is 6.89. The average Bonchev–Trinajstić information content (AvgIpc) is 2.97. The molecule has 1 unspecified atom stereocenters. The van der Waals surface area contributed by atoms with E-state index >= 15 is 0 Å². The second kappa shape index (κ2) is 7.80. The number of para-hydroxylation sites is 1. The number of carbonyl (C=O) groups excluding carboxylic acids is 1. The van der Waals surface area contributed by atoms with Gasteiger partial charge in [0.15, 0.2) is 0 Å². The minimum Gasteiger partial charge on any atom is -0.493 e. The second-order valence-electron chi connectivity index (χ2n) is 6.89. The van der Waals surface area contributed by atoms with Crippen LogP contribution >= 0.6 is 0 Å². The molecule has 0 radical (unpaired) electrons. The Balaban J connectivity index is 1.41. The minimum absolute atomic E-state index is 0.0575. The highest BCUT2D eigenvalue weighted by molar-refractivity contribution is 5.97. The van der Waals surface area contributed by atoms with Crippen molar-refractivity contribution in [3.05, 3.63) is 59.9 Å². The molecule has 140 valence electrons. The number of imidazole rings is 1. The van der Waals surface area contributed by atoms with Gasteiger partial charge in [0.2, 0.25) is 0 Å². The molecule has 0 saturated heterocycles. The molecule has 1 aromatic heterocycles. The van der Waals surface area contributed by atoms with E-state index in [0.717, 1.165) is 29.6 Å². The predicted molar refractivity (Wildman–Crippen MR) is 103 cm³/mol. The van der Waals surface area contributed by atoms with Crippen molar-refractivity contribution in [3.63, 3.8) is 0 Å². The van der Waals surface area contributed by atoms with E-state index in [1.165, 1.54) is 5.56 Å². The number of aliphatic hydroxyl groups excluding tert-OH is 1. The molecule has 2 heterocycles. The number of nitrogens with one attached hydrogen (secondary N) is 1. The van der Waals surface area contributed by atoms with Crippen LogP contribution in [0.3, 0.4) is 0 Å². The first-order chi connectivity index (χ1) is 13.2. The van der Waals surface area contributed by atoms with E-state index in [-0.39, 0.29) is 12.5 Å². The quantitative estimate of drug-likeness (QED) is 0.728. The van der Waals surface area contributed by atoms with Gasteiger partial charge >= 0.3 is 0 Å². The van der Waals surface area contributed by atoms with Crippen molar-refractivity contribution in [3.8, 4) is 5.75 Å². The maximum absolute atomic E-state index is 12.6. The number of rotatable bonds is 5. The molecule has 0 bridgehead atoms. The first kappa shape index (κ1) is 17.5. The Labute approximate surface area is 157 Å². The number of hydrogen-bond donors (Lipinski definition) is 2. The normalized spacial score (nSPS) is 16.4. The van der Waals surface area contributed by atoms with Crippen molar-refractivity contribution in [2.75, 3.05) is 19.8 Å². The fraction of sp³-hybridized carbons (Fsp3) is 0.333. The lowest BCUT2D eigenvalue weighted by atomic mass is 9.97. The lowest BCUT2D eigenvalue weighted by Gasteiger charge is -2.14. The van der Waals surface area contributed by atoms with Crippen molar-refractivity contribution < 1.29 is 14.6 Å². The Hall–Kier alpha value is -2.86. The molecule has 6 heteroatoms. The van der Waals surface area contributed by atoms with E-state index in [1.54, 1.807) is 18.5 Å². The fourth-order valence-corrected chi connectivity index (χ4v) is 3.57. The third-order valence-electron chi connectivity index (χ3n) is 5.04. The molecule has 4 rings (SSSR count). The summed E-state index contributed by atoms with van der Waals surface area (Å²) in [6, 6.07) is 13.6. The van der Waals surface area contributed by atoms with Gasteiger partial charge in [0.1, 0.15) is 5.75 Å². The standard InChI is InChI=1S/C21H23N3O3/c25-9-8-24-14-23-18-12-17(5-6-19(18)24)21(26)22-13-15-7-10-27-20-4-2-1-3-16(20)11-15/h1-6,12,14-15,25H,7-11,13H2,(H,22,26). The predicted octanol–water partition coefficient (Wildman–Crippen LogP) is 2.40. The number of amides is 1. The zero-order valence-corrected chi connectivity index (χ0v) is 15.1. The van der Waals surface area contributed by atoms with E-state index in [4.69, 9.17) is 9.84 Å². The summed E-state index contributed by atoms with van der Waals surface area (Å²) < 4.78 is 7.67. The highest BCUT2D eigenvalue weighted by Crippen LogP contribution is 2.26. The molecule has 6 nitrogen and oxygen atoms in total. The number of benzene rings is 2. The SMILES string of the molecule is O=C(NCC1CCOc2ccccc2C1)c1ccc2c(c1)ncn2CCO. The highest BCUT2D eigenvalue weighted by atomic mass is 16.5. The Bertz CT molecular complexity index is 951. The molecule has 0 fully saturated rings. The van der Waals surface area contributed by atoms with Gasteiger partial charge in [-0.05, 0) is 48.6 Å². The summed E-state index contributed by atoms with van der Waals surface area (Å²) in [6.45, 7) is 1.84. The van der Waals surface area contributed by atoms with Crippen molar-refractivity contribution in [1.82, 2.24) is 14.9 Å². The van der Waals surface area contributed by atoms with Crippen LogP contribution in [0.1, 0.15) is 22.3 Å². The number of aliphatic hydroxyl groups is 1. The topological polar surface area (TPSA) is 76.4 Å². The Morgan fingerprint density at radius 2 is 2.19 bits per heavy atom. The van der Waals surface area contributed by atoms with Crippen molar-refractivity contribution in [1.29, 1.82) is 0 Å². The Morgan fingerprint density at radius 1 is 1.30 bits per heavy atom. The first-order valence-electron chi connectivity index (χ1n) is 9.29.